The topological polar surface area (TPSA) is 28.4 Å². The van der Waals surface area contributed by atoms with E-state index in [1.807, 2.05) is 11.3 Å². The van der Waals surface area contributed by atoms with Crippen LogP contribution in [0.4, 0.5) is 0 Å². The van der Waals surface area contributed by atoms with E-state index in [4.69, 9.17) is 4.42 Å². The summed E-state index contributed by atoms with van der Waals surface area (Å²) < 4.78 is 6.02. The highest BCUT2D eigenvalue weighted by atomic mass is 35.5. The van der Waals surface area contributed by atoms with Gasteiger partial charge in [-0.25, -0.2) is 0 Å². The molecule has 1 aliphatic heterocycles. The lowest BCUT2D eigenvalue weighted by molar-refractivity contribution is 0.181. The van der Waals surface area contributed by atoms with Gasteiger partial charge < -0.3 is 9.73 Å². The van der Waals surface area contributed by atoms with Crippen LogP contribution in [0.1, 0.15) is 29.4 Å². The van der Waals surface area contributed by atoms with Gasteiger partial charge in [0.05, 0.1) is 0 Å². The summed E-state index contributed by atoms with van der Waals surface area (Å²) in [6.07, 6.45) is 0.957. The smallest absolute Gasteiger partial charge is 0.126 e. The van der Waals surface area contributed by atoms with Gasteiger partial charge in [0.15, 0.2) is 0 Å². The van der Waals surface area contributed by atoms with Crippen molar-refractivity contribution in [2.75, 3.05) is 26.2 Å². The van der Waals surface area contributed by atoms with E-state index in [9.17, 15) is 0 Å². The third-order valence-corrected chi connectivity index (χ3v) is 4.55. The van der Waals surface area contributed by atoms with Crippen molar-refractivity contribution in [3.63, 3.8) is 0 Å². The Morgan fingerprint density at radius 3 is 2.57 bits per heavy atom. The van der Waals surface area contributed by atoms with Crippen molar-refractivity contribution in [3.8, 4) is 0 Å². The van der Waals surface area contributed by atoms with Gasteiger partial charge in [0.2, 0.25) is 0 Å². The first kappa shape index (κ1) is 18.5. The van der Waals surface area contributed by atoms with Crippen LogP contribution in [0.5, 0.6) is 0 Å². The first-order valence-corrected chi connectivity index (χ1v) is 7.83. The molecule has 0 aromatic carbocycles. The molecule has 1 saturated heterocycles. The molecule has 118 valence electrons. The van der Waals surface area contributed by atoms with Gasteiger partial charge in [-0.3, -0.25) is 4.90 Å². The van der Waals surface area contributed by atoms with E-state index < -0.39 is 0 Å². The maximum absolute atomic E-state index is 6.02. The fraction of sp³-hybridized carbons (Fsp3) is 0.467. The Labute approximate surface area is 142 Å². The molecule has 1 N–H and O–H groups in total. The summed E-state index contributed by atoms with van der Waals surface area (Å²) in [5.74, 6) is 2.16. The van der Waals surface area contributed by atoms with Gasteiger partial charge in [0.1, 0.15) is 17.6 Å². The number of thiophene rings is 1. The molecule has 0 amide bonds. The third kappa shape index (κ3) is 4.24. The number of hydrogen-bond donors (Lipinski definition) is 1. The summed E-state index contributed by atoms with van der Waals surface area (Å²) in [5.41, 5.74) is 0. The zero-order valence-corrected chi connectivity index (χ0v) is 14.5. The quantitative estimate of drug-likeness (QED) is 0.912. The molecule has 2 aromatic rings. The average molecular weight is 349 g/mol. The van der Waals surface area contributed by atoms with Crippen molar-refractivity contribution in [1.82, 2.24) is 10.2 Å². The van der Waals surface area contributed by atoms with E-state index in [0.29, 0.717) is 0 Å². The summed E-state index contributed by atoms with van der Waals surface area (Å²) in [4.78, 5) is 3.89. The van der Waals surface area contributed by atoms with Gasteiger partial charge in [-0.2, -0.15) is 0 Å². The van der Waals surface area contributed by atoms with Crippen molar-refractivity contribution in [3.05, 3.63) is 46.0 Å². The molecule has 0 saturated carbocycles. The van der Waals surface area contributed by atoms with Crippen LogP contribution in [-0.4, -0.2) is 31.1 Å². The van der Waals surface area contributed by atoms with Gasteiger partial charge >= 0.3 is 0 Å². The number of piperazine rings is 1. The summed E-state index contributed by atoms with van der Waals surface area (Å²) >= 11 is 1.81. The summed E-state index contributed by atoms with van der Waals surface area (Å²) in [5, 5.41) is 5.56. The first-order chi connectivity index (χ1) is 9.38. The molecule has 21 heavy (non-hydrogen) atoms. The van der Waals surface area contributed by atoms with Crippen LogP contribution in [0.3, 0.4) is 0 Å². The Hall–Kier alpha value is -0.520. The number of halogens is 2. The van der Waals surface area contributed by atoms with E-state index in [1.165, 1.54) is 4.88 Å². The molecule has 3 rings (SSSR count). The second-order valence-electron chi connectivity index (χ2n) is 4.86. The van der Waals surface area contributed by atoms with Gasteiger partial charge in [-0.15, -0.1) is 36.2 Å². The summed E-state index contributed by atoms with van der Waals surface area (Å²) in [6.45, 7) is 6.40. The summed E-state index contributed by atoms with van der Waals surface area (Å²) in [7, 11) is 0. The van der Waals surface area contributed by atoms with Crippen LogP contribution < -0.4 is 5.32 Å². The predicted molar refractivity (Wildman–Crippen MR) is 93.2 cm³/mol. The first-order valence-electron chi connectivity index (χ1n) is 6.95. The van der Waals surface area contributed by atoms with E-state index in [2.05, 4.69) is 46.8 Å². The fourth-order valence-electron chi connectivity index (χ4n) is 2.62. The van der Waals surface area contributed by atoms with E-state index in [0.717, 1.165) is 44.1 Å². The second kappa shape index (κ2) is 8.81. The van der Waals surface area contributed by atoms with Crippen molar-refractivity contribution >= 4 is 36.2 Å². The molecule has 2 aromatic heterocycles. The number of nitrogens with one attached hydrogen (secondary N) is 1. The Balaban J connectivity index is 0.00000110. The third-order valence-electron chi connectivity index (χ3n) is 3.63. The average Bonchev–Trinajstić information content (AvgIpc) is 3.12. The maximum Gasteiger partial charge on any atom is 0.126 e. The minimum absolute atomic E-state index is 0. The highest BCUT2D eigenvalue weighted by molar-refractivity contribution is 7.10. The molecular weight excluding hydrogens is 327 g/mol. The normalized spacial score (nSPS) is 16.8. The highest BCUT2D eigenvalue weighted by Crippen LogP contribution is 2.33. The minimum atomic E-state index is 0. The second-order valence-corrected chi connectivity index (χ2v) is 5.84. The van der Waals surface area contributed by atoms with Crippen LogP contribution in [-0.2, 0) is 6.42 Å². The molecule has 1 aliphatic rings. The zero-order chi connectivity index (χ0) is 13.1. The molecule has 0 unspecified atom stereocenters. The monoisotopic (exact) mass is 348 g/mol. The maximum atomic E-state index is 6.02. The standard InChI is InChI=1S/C15H20N2OS.2ClH/c1-2-12-5-6-13(18-12)15(14-4-3-11-19-14)17-9-7-16-8-10-17;;/h3-6,11,15-16H,2,7-10H2,1H3;2*1H/t15-;;/m0../s1. The molecule has 0 aliphatic carbocycles. The number of rotatable bonds is 4. The van der Waals surface area contributed by atoms with Crippen LogP contribution in [0, 0.1) is 0 Å². The van der Waals surface area contributed by atoms with Crippen molar-refractivity contribution in [2.24, 2.45) is 0 Å². The Kier molecular flexibility index (Phi) is 7.77. The molecule has 3 heterocycles. The number of hydrogen-bond acceptors (Lipinski definition) is 4. The number of furan rings is 1. The molecule has 3 nitrogen and oxygen atoms in total. The van der Waals surface area contributed by atoms with Gasteiger partial charge in [-0.05, 0) is 23.6 Å². The van der Waals surface area contributed by atoms with Crippen molar-refractivity contribution < 1.29 is 4.42 Å². The molecule has 0 spiro atoms. The highest BCUT2D eigenvalue weighted by Gasteiger charge is 2.27. The van der Waals surface area contributed by atoms with E-state index in [1.54, 1.807) is 0 Å². The number of nitrogens with zero attached hydrogens (tertiary/aromatic N) is 1. The van der Waals surface area contributed by atoms with Crippen LogP contribution in [0.2, 0.25) is 0 Å². The molecule has 1 fully saturated rings. The van der Waals surface area contributed by atoms with Gasteiger partial charge in [0, 0.05) is 37.5 Å². The van der Waals surface area contributed by atoms with Crippen LogP contribution in [0.15, 0.2) is 34.1 Å². The van der Waals surface area contributed by atoms with Gasteiger partial charge in [-0.1, -0.05) is 13.0 Å². The predicted octanol–water partition coefficient (Wildman–Crippen LogP) is 3.74. The van der Waals surface area contributed by atoms with Crippen molar-refractivity contribution in [2.45, 2.75) is 19.4 Å². The molecular formula is C15H22Cl2N2OS. The number of aryl methyl sites for hydroxylation is 1. The fourth-order valence-corrected chi connectivity index (χ4v) is 3.48. The summed E-state index contributed by atoms with van der Waals surface area (Å²) in [6, 6.07) is 8.87. The SMILES string of the molecule is CCc1ccc([C@@H](c2cccs2)N2CCNCC2)o1.Cl.Cl. The lowest BCUT2D eigenvalue weighted by Crippen LogP contribution is -2.45. The lowest BCUT2D eigenvalue weighted by atomic mass is 10.1. The minimum Gasteiger partial charge on any atom is -0.464 e. The van der Waals surface area contributed by atoms with Crippen LogP contribution in [0.25, 0.3) is 0 Å². The largest absolute Gasteiger partial charge is 0.464 e. The molecule has 0 radical (unpaired) electrons. The lowest BCUT2D eigenvalue weighted by Gasteiger charge is -2.33. The molecule has 0 bridgehead atoms. The Morgan fingerprint density at radius 2 is 2.00 bits per heavy atom. The van der Waals surface area contributed by atoms with E-state index in [-0.39, 0.29) is 30.9 Å². The Morgan fingerprint density at radius 1 is 1.24 bits per heavy atom. The zero-order valence-electron chi connectivity index (χ0n) is 12.1. The molecule has 1 atom stereocenters. The molecule has 6 heteroatoms. The van der Waals surface area contributed by atoms with E-state index >= 15 is 0 Å². The van der Waals surface area contributed by atoms with Gasteiger partial charge in [0.25, 0.3) is 0 Å². The van der Waals surface area contributed by atoms with Crippen LogP contribution >= 0.6 is 36.2 Å². The Bertz CT molecular complexity index is 509. The van der Waals surface area contributed by atoms with Crippen molar-refractivity contribution in [1.29, 1.82) is 0 Å².